The molecule has 0 unspecified atom stereocenters. The Morgan fingerprint density at radius 1 is 0.857 bits per heavy atom. The van der Waals surface area contributed by atoms with Crippen LogP contribution in [0.5, 0.6) is 0 Å². The first-order valence-electron chi connectivity index (χ1n) is 9.25. The molecule has 0 saturated carbocycles. The molecule has 0 aromatic heterocycles. The summed E-state index contributed by atoms with van der Waals surface area (Å²) in [5.74, 6) is -0.372. The molecule has 2 aliphatic rings. The first kappa shape index (κ1) is 17.7. The van der Waals surface area contributed by atoms with E-state index >= 15 is 0 Å². The molecular weight excluding hydrogens is 348 g/mol. The Morgan fingerprint density at radius 2 is 1.46 bits per heavy atom. The van der Waals surface area contributed by atoms with Crippen LogP contribution in [-0.4, -0.2) is 17.1 Å². The second-order valence-corrected chi connectivity index (χ2v) is 6.25. The monoisotopic (exact) mass is 368 g/mol. The number of rotatable bonds is 4. The van der Waals surface area contributed by atoms with Crippen molar-refractivity contribution in [1.29, 1.82) is 0 Å². The van der Waals surface area contributed by atoms with Crippen molar-refractivity contribution in [1.82, 2.24) is 4.57 Å². The van der Waals surface area contributed by atoms with E-state index in [-0.39, 0.29) is 5.97 Å². The van der Waals surface area contributed by atoms with Gasteiger partial charge in [0, 0.05) is 11.3 Å². The Balaban J connectivity index is 2.14. The van der Waals surface area contributed by atoms with Crippen molar-refractivity contribution in [3.63, 3.8) is 0 Å². The van der Waals surface area contributed by atoms with Gasteiger partial charge in [-0.25, -0.2) is 9.79 Å². The number of esters is 1. The van der Waals surface area contributed by atoms with E-state index in [1.54, 1.807) is 0 Å². The standard InChI is InChI=1S/C24H20N2O2/c1-2-28-24(27)22-20-16-10-5-11-17-21(20)26(19-14-8-4-9-15-19)23(22)25-18-12-6-3-7-13-18/h3-17H,2H2,1H3. The van der Waals surface area contributed by atoms with Crippen LogP contribution in [-0.2, 0) is 4.74 Å². The van der Waals surface area contributed by atoms with Gasteiger partial charge < -0.3 is 4.74 Å². The predicted molar refractivity (Wildman–Crippen MR) is 110 cm³/mol. The van der Waals surface area contributed by atoms with E-state index in [2.05, 4.69) is 0 Å². The highest BCUT2D eigenvalue weighted by Crippen LogP contribution is 2.28. The summed E-state index contributed by atoms with van der Waals surface area (Å²) in [6.45, 7) is 2.11. The lowest BCUT2D eigenvalue weighted by Gasteiger charge is -2.07. The van der Waals surface area contributed by atoms with E-state index in [0.717, 1.165) is 22.6 Å². The number of carbonyl (C=O) groups excluding carboxylic acids is 1. The molecule has 0 saturated heterocycles. The van der Waals surface area contributed by atoms with Gasteiger partial charge in [0.25, 0.3) is 0 Å². The molecular formula is C24H20N2O2. The number of nitrogens with zero attached hydrogens (tertiary/aromatic N) is 2. The van der Waals surface area contributed by atoms with Crippen molar-refractivity contribution in [2.75, 3.05) is 6.61 Å². The first-order chi connectivity index (χ1) is 13.8. The number of para-hydroxylation sites is 2. The van der Waals surface area contributed by atoms with Crippen LogP contribution in [0.1, 0.15) is 17.3 Å². The number of ether oxygens (including phenoxy) is 1. The zero-order chi connectivity index (χ0) is 19.3. The number of fused-ring (bicyclic) bond motifs is 1. The summed E-state index contributed by atoms with van der Waals surface area (Å²) < 4.78 is 7.39. The lowest BCUT2D eigenvalue weighted by Crippen LogP contribution is -2.22. The molecule has 1 heterocycles. The Kier molecular flexibility index (Phi) is 5.02. The SMILES string of the molecule is CCOC(=O)c1c2cccccc-2n(-c2ccccc2)c1=Nc1ccccc1. The molecule has 0 radical (unpaired) electrons. The molecule has 1 aliphatic heterocycles. The molecule has 4 heteroatoms. The minimum Gasteiger partial charge on any atom is -0.462 e. The summed E-state index contributed by atoms with van der Waals surface area (Å²) >= 11 is 0. The third kappa shape index (κ3) is 3.32. The molecule has 0 amide bonds. The van der Waals surface area contributed by atoms with E-state index in [9.17, 15) is 4.79 Å². The highest BCUT2D eigenvalue weighted by atomic mass is 16.5. The number of benzene rings is 2. The molecule has 28 heavy (non-hydrogen) atoms. The zero-order valence-corrected chi connectivity index (χ0v) is 15.6. The predicted octanol–water partition coefficient (Wildman–Crippen LogP) is 4.99. The highest BCUT2D eigenvalue weighted by Gasteiger charge is 2.25. The summed E-state index contributed by atoms with van der Waals surface area (Å²) in [6.07, 6.45) is 0. The van der Waals surface area contributed by atoms with Gasteiger partial charge in [0.05, 0.1) is 18.0 Å². The van der Waals surface area contributed by atoms with Crippen LogP contribution in [0.25, 0.3) is 16.9 Å². The topological polar surface area (TPSA) is 43.6 Å². The molecule has 0 bridgehead atoms. The van der Waals surface area contributed by atoms with Crippen LogP contribution in [0.15, 0.2) is 96.0 Å². The Bertz CT molecular complexity index is 1130. The van der Waals surface area contributed by atoms with Crippen molar-refractivity contribution < 1.29 is 9.53 Å². The van der Waals surface area contributed by atoms with Crippen LogP contribution < -0.4 is 5.49 Å². The largest absolute Gasteiger partial charge is 0.462 e. The molecule has 1 aliphatic carbocycles. The van der Waals surface area contributed by atoms with E-state index < -0.39 is 0 Å². The van der Waals surface area contributed by atoms with E-state index in [4.69, 9.17) is 9.73 Å². The molecule has 0 atom stereocenters. The van der Waals surface area contributed by atoms with Crippen molar-refractivity contribution >= 4 is 11.7 Å². The van der Waals surface area contributed by atoms with E-state index in [0.29, 0.717) is 17.7 Å². The minimum atomic E-state index is -0.372. The Labute approximate surface area is 163 Å². The summed E-state index contributed by atoms with van der Waals surface area (Å²) in [6, 6.07) is 29.3. The van der Waals surface area contributed by atoms with Crippen LogP contribution in [0.3, 0.4) is 0 Å². The molecule has 138 valence electrons. The average molecular weight is 368 g/mol. The lowest BCUT2D eigenvalue weighted by atomic mass is 10.1. The van der Waals surface area contributed by atoms with E-state index in [1.165, 1.54) is 0 Å². The smallest absolute Gasteiger partial charge is 0.342 e. The van der Waals surface area contributed by atoms with Crippen molar-refractivity contribution in [2.24, 2.45) is 4.99 Å². The van der Waals surface area contributed by atoms with Gasteiger partial charge in [-0.15, -0.1) is 0 Å². The quantitative estimate of drug-likeness (QED) is 0.476. The fourth-order valence-electron chi connectivity index (χ4n) is 3.26. The Hall–Kier alpha value is -3.66. The van der Waals surface area contributed by atoms with Gasteiger partial charge in [-0.05, 0) is 37.3 Å². The highest BCUT2D eigenvalue weighted by molar-refractivity contribution is 5.98. The fourth-order valence-corrected chi connectivity index (χ4v) is 3.26. The van der Waals surface area contributed by atoms with Crippen LogP contribution >= 0.6 is 0 Å². The van der Waals surface area contributed by atoms with Crippen LogP contribution in [0.2, 0.25) is 0 Å². The summed E-state index contributed by atoms with van der Waals surface area (Å²) in [4.78, 5) is 17.8. The third-order valence-electron chi connectivity index (χ3n) is 4.45. The second-order valence-electron chi connectivity index (χ2n) is 6.25. The van der Waals surface area contributed by atoms with Crippen LogP contribution in [0, 0.1) is 0 Å². The van der Waals surface area contributed by atoms with Gasteiger partial charge in [-0.1, -0.05) is 60.7 Å². The third-order valence-corrected chi connectivity index (χ3v) is 4.45. The van der Waals surface area contributed by atoms with Gasteiger partial charge >= 0.3 is 5.97 Å². The minimum absolute atomic E-state index is 0.306. The zero-order valence-electron chi connectivity index (χ0n) is 15.6. The molecule has 2 aromatic carbocycles. The number of carbonyl (C=O) groups is 1. The van der Waals surface area contributed by atoms with Crippen molar-refractivity contribution in [2.45, 2.75) is 6.92 Å². The number of aromatic nitrogens is 1. The maximum atomic E-state index is 12.9. The van der Waals surface area contributed by atoms with Crippen molar-refractivity contribution in [3.8, 4) is 16.9 Å². The number of hydrogen-bond acceptors (Lipinski definition) is 3. The Morgan fingerprint density at radius 3 is 2.14 bits per heavy atom. The molecule has 4 nitrogen and oxygen atoms in total. The molecule has 4 rings (SSSR count). The van der Waals surface area contributed by atoms with Crippen LogP contribution in [0.4, 0.5) is 5.69 Å². The van der Waals surface area contributed by atoms with Gasteiger partial charge in [0.2, 0.25) is 0 Å². The summed E-state index contributed by atoms with van der Waals surface area (Å²) in [5, 5.41) is 0. The van der Waals surface area contributed by atoms with Gasteiger partial charge in [-0.2, -0.15) is 0 Å². The maximum Gasteiger partial charge on any atom is 0.342 e. The summed E-state index contributed by atoms with van der Waals surface area (Å²) in [5.41, 5.74) is 4.45. The summed E-state index contributed by atoms with van der Waals surface area (Å²) in [7, 11) is 0. The number of hydrogen-bond donors (Lipinski definition) is 0. The van der Waals surface area contributed by atoms with Gasteiger partial charge in [0.1, 0.15) is 5.56 Å². The van der Waals surface area contributed by atoms with Crippen molar-refractivity contribution in [3.05, 3.63) is 102 Å². The molecule has 2 aromatic rings. The average Bonchev–Trinajstić information content (AvgIpc) is 2.85. The maximum absolute atomic E-state index is 12.9. The van der Waals surface area contributed by atoms with E-state index in [1.807, 2.05) is 102 Å². The van der Waals surface area contributed by atoms with Gasteiger partial charge in [0.15, 0.2) is 5.49 Å². The molecule has 0 N–H and O–H groups in total. The normalized spacial score (nSPS) is 11.5. The second kappa shape index (κ2) is 7.92. The van der Waals surface area contributed by atoms with Gasteiger partial charge in [-0.3, -0.25) is 4.57 Å². The molecule has 0 fully saturated rings. The molecule has 0 spiro atoms. The lowest BCUT2D eigenvalue weighted by molar-refractivity contribution is 0.0525. The fraction of sp³-hybridized carbons (Fsp3) is 0.0833. The first-order valence-corrected chi connectivity index (χ1v) is 9.25.